The normalized spacial score (nSPS) is 17.7. The lowest BCUT2D eigenvalue weighted by molar-refractivity contribution is 0.522. The second-order valence-corrected chi connectivity index (χ2v) is 7.18. The fourth-order valence-electron chi connectivity index (χ4n) is 3.87. The van der Waals surface area contributed by atoms with Gasteiger partial charge in [-0.2, -0.15) is 5.26 Å². The summed E-state index contributed by atoms with van der Waals surface area (Å²) in [5.41, 5.74) is 7.82. The van der Waals surface area contributed by atoms with Crippen molar-refractivity contribution in [2.24, 2.45) is 5.73 Å². The number of hydrogen-bond acceptors (Lipinski definition) is 3. The van der Waals surface area contributed by atoms with Crippen LogP contribution in [0.15, 0.2) is 54.6 Å². The summed E-state index contributed by atoms with van der Waals surface area (Å²) in [6.07, 6.45) is 0.386. The van der Waals surface area contributed by atoms with Gasteiger partial charge < -0.3 is 11.1 Å². The van der Waals surface area contributed by atoms with Gasteiger partial charge in [-0.25, -0.2) is 8.78 Å². The molecule has 1 heterocycles. The molecule has 0 aromatic heterocycles. The van der Waals surface area contributed by atoms with Crippen LogP contribution in [0.4, 0.5) is 14.5 Å². The van der Waals surface area contributed by atoms with Crippen LogP contribution in [0, 0.1) is 23.0 Å². The minimum atomic E-state index is -0.684. The van der Waals surface area contributed by atoms with Crippen molar-refractivity contribution in [1.29, 1.82) is 5.26 Å². The first-order valence-electron chi connectivity index (χ1n) is 8.74. The highest BCUT2D eigenvalue weighted by molar-refractivity contribution is 6.34. The summed E-state index contributed by atoms with van der Waals surface area (Å²) in [7, 11) is 0. The Balaban J connectivity index is 1.97. The van der Waals surface area contributed by atoms with Crippen LogP contribution in [-0.2, 0) is 12.0 Å². The van der Waals surface area contributed by atoms with E-state index in [4.69, 9.17) is 17.3 Å². The van der Waals surface area contributed by atoms with Crippen molar-refractivity contribution in [3.63, 3.8) is 0 Å². The maximum Gasteiger partial charge on any atom is 0.144 e. The zero-order valence-electron chi connectivity index (χ0n) is 14.8. The van der Waals surface area contributed by atoms with Crippen LogP contribution >= 0.6 is 11.6 Å². The fraction of sp³-hybridized carbons (Fsp3) is 0.136. The molecular formula is C22H16ClF2N3. The third-order valence-corrected chi connectivity index (χ3v) is 5.61. The van der Waals surface area contributed by atoms with Crippen LogP contribution in [0.5, 0.6) is 0 Å². The van der Waals surface area contributed by atoms with Gasteiger partial charge in [0, 0.05) is 29.8 Å². The van der Waals surface area contributed by atoms with Gasteiger partial charge in [0.25, 0.3) is 0 Å². The smallest absolute Gasteiger partial charge is 0.144 e. The predicted molar refractivity (Wildman–Crippen MR) is 106 cm³/mol. The van der Waals surface area contributed by atoms with Crippen LogP contribution in [0.3, 0.4) is 0 Å². The van der Waals surface area contributed by atoms with Crippen molar-refractivity contribution in [3.8, 4) is 17.2 Å². The Kier molecular flexibility index (Phi) is 4.54. The Morgan fingerprint density at radius 1 is 1.07 bits per heavy atom. The number of fused-ring (bicyclic) bond motifs is 1. The number of nitrogens with two attached hydrogens (primary N) is 1. The van der Waals surface area contributed by atoms with E-state index in [1.807, 2.05) is 36.4 Å². The second kappa shape index (κ2) is 6.90. The van der Waals surface area contributed by atoms with E-state index in [0.29, 0.717) is 17.7 Å². The Morgan fingerprint density at radius 2 is 1.82 bits per heavy atom. The van der Waals surface area contributed by atoms with Gasteiger partial charge in [-0.3, -0.25) is 0 Å². The Morgan fingerprint density at radius 3 is 2.50 bits per heavy atom. The maximum atomic E-state index is 14.7. The highest BCUT2D eigenvalue weighted by Gasteiger charge is 2.40. The molecule has 3 N–H and O–H groups in total. The van der Waals surface area contributed by atoms with E-state index >= 15 is 0 Å². The topological polar surface area (TPSA) is 61.8 Å². The van der Waals surface area contributed by atoms with Gasteiger partial charge >= 0.3 is 0 Å². The van der Waals surface area contributed by atoms with Crippen LogP contribution < -0.4 is 11.1 Å². The number of nitrogens with zero attached hydrogens (tertiary/aromatic N) is 1. The lowest BCUT2D eigenvalue weighted by Gasteiger charge is -2.29. The molecule has 0 radical (unpaired) electrons. The molecular weight excluding hydrogens is 380 g/mol. The van der Waals surface area contributed by atoms with Crippen molar-refractivity contribution in [2.45, 2.75) is 12.0 Å². The summed E-state index contributed by atoms with van der Waals surface area (Å²) in [4.78, 5) is 0. The van der Waals surface area contributed by atoms with Gasteiger partial charge in [0.2, 0.25) is 0 Å². The van der Waals surface area contributed by atoms with E-state index < -0.39 is 17.2 Å². The number of rotatable bonds is 3. The number of nitrogens with one attached hydrogen (secondary N) is 1. The summed E-state index contributed by atoms with van der Waals surface area (Å²) < 4.78 is 29.4. The molecule has 0 unspecified atom stereocenters. The van der Waals surface area contributed by atoms with Crippen molar-refractivity contribution < 1.29 is 8.78 Å². The SMILES string of the molecule is N#Cc1cccc(F)c1-c1c(Cl)c(F)cc2c1C[C@@](CN)(c1ccccc1)N2. The van der Waals surface area contributed by atoms with Crippen molar-refractivity contribution in [1.82, 2.24) is 0 Å². The zero-order valence-corrected chi connectivity index (χ0v) is 15.5. The lowest BCUT2D eigenvalue weighted by atomic mass is 9.84. The third-order valence-electron chi connectivity index (χ3n) is 5.24. The first-order valence-corrected chi connectivity index (χ1v) is 9.12. The third kappa shape index (κ3) is 2.73. The summed E-state index contributed by atoms with van der Waals surface area (Å²) in [6.45, 7) is 0.243. The Bertz CT molecular complexity index is 1110. The maximum absolute atomic E-state index is 14.7. The second-order valence-electron chi connectivity index (χ2n) is 6.80. The molecule has 0 amide bonds. The number of anilines is 1. The molecule has 1 aliphatic heterocycles. The molecule has 3 aromatic rings. The van der Waals surface area contributed by atoms with E-state index in [2.05, 4.69) is 5.32 Å². The molecule has 28 heavy (non-hydrogen) atoms. The first-order chi connectivity index (χ1) is 13.5. The standard InChI is InChI=1S/C22H16ClF2N3/c23-21-17(25)9-18-15(20(21)19-13(11-26)5-4-8-16(19)24)10-22(12-27,28-18)14-6-2-1-3-7-14/h1-9,28H,10,12,27H2/t22-/m1/s1. The number of halogens is 3. The van der Waals surface area contributed by atoms with Crippen LogP contribution in [0.2, 0.25) is 5.02 Å². The Labute approximate surface area is 166 Å². The molecule has 1 aliphatic rings. The molecule has 1 atom stereocenters. The zero-order chi connectivity index (χ0) is 19.9. The summed E-state index contributed by atoms with van der Waals surface area (Å²) >= 11 is 6.28. The molecule has 4 rings (SSSR count). The number of hydrogen-bond donors (Lipinski definition) is 2. The summed E-state index contributed by atoms with van der Waals surface area (Å²) in [5.74, 6) is -1.31. The molecule has 140 valence electrons. The van der Waals surface area contributed by atoms with Crippen molar-refractivity contribution >= 4 is 17.3 Å². The van der Waals surface area contributed by atoms with E-state index in [0.717, 1.165) is 5.56 Å². The predicted octanol–water partition coefficient (Wildman–Crippen LogP) is 4.98. The summed E-state index contributed by atoms with van der Waals surface area (Å²) in [6, 6.07) is 17.0. The van der Waals surface area contributed by atoms with E-state index in [1.54, 1.807) is 0 Å². The molecule has 0 saturated carbocycles. The molecule has 3 aromatic carbocycles. The van der Waals surface area contributed by atoms with Gasteiger partial charge in [0.15, 0.2) is 0 Å². The van der Waals surface area contributed by atoms with Crippen LogP contribution in [-0.4, -0.2) is 6.54 Å². The number of benzene rings is 3. The Hall–Kier alpha value is -2.94. The molecule has 0 bridgehead atoms. The first kappa shape index (κ1) is 18.4. The van der Waals surface area contributed by atoms with Crippen LogP contribution in [0.1, 0.15) is 16.7 Å². The van der Waals surface area contributed by atoms with Gasteiger partial charge in [0.1, 0.15) is 11.6 Å². The highest BCUT2D eigenvalue weighted by Crippen LogP contribution is 2.48. The monoisotopic (exact) mass is 395 g/mol. The highest BCUT2D eigenvalue weighted by atomic mass is 35.5. The molecule has 0 fully saturated rings. The minimum Gasteiger partial charge on any atom is -0.374 e. The quantitative estimate of drug-likeness (QED) is 0.657. The van der Waals surface area contributed by atoms with Gasteiger partial charge in [0.05, 0.1) is 22.2 Å². The van der Waals surface area contributed by atoms with Gasteiger partial charge in [-0.1, -0.05) is 48.0 Å². The molecule has 3 nitrogen and oxygen atoms in total. The van der Waals surface area contributed by atoms with E-state index in [9.17, 15) is 14.0 Å². The van der Waals surface area contributed by atoms with Crippen molar-refractivity contribution in [2.75, 3.05) is 11.9 Å². The average Bonchev–Trinajstić information content (AvgIpc) is 3.09. The lowest BCUT2D eigenvalue weighted by Crippen LogP contribution is -2.41. The van der Waals surface area contributed by atoms with E-state index in [1.165, 1.54) is 24.3 Å². The van der Waals surface area contributed by atoms with Crippen LogP contribution in [0.25, 0.3) is 11.1 Å². The van der Waals surface area contributed by atoms with Crippen molar-refractivity contribution in [3.05, 3.63) is 87.9 Å². The molecule has 0 spiro atoms. The molecule has 0 saturated heterocycles. The number of nitriles is 1. The van der Waals surface area contributed by atoms with E-state index in [-0.39, 0.29) is 28.3 Å². The fourth-order valence-corrected chi connectivity index (χ4v) is 4.13. The van der Waals surface area contributed by atoms with Gasteiger partial charge in [-0.15, -0.1) is 0 Å². The molecule has 6 heteroatoms. The largest absolute Gasteiger partial charge is 0.374 e. The minimum absolute atomic E-state index is 0.00781. The van der Waals surface area contributed by atoms with Gasteiger partial charge in [-0.05, 0) is 29.3 Å². The average molecular weight is 396 g/mol. The molecule has 0 aliphatic carbocycles. The summed E-state index contributed by atoms with van der Waals surface area (Å²) in [5, 5.41) is 12.6.